The van der Waals surface area contributed by atoms with Crippen LogP contribution in [0.3, 0.4) is 0 Å². The lowest BCUT2D eigenvalue weighted by Crippen LogP contribution is -2.21. The molecule has 1 atom stereocenters. The van der Waals surface area contributed by atoms with Crippen LogP contribution in [0.15, 0.2) is 85.1 Å². The van der Waals surface area contributed by atoms with Crippen LogP contribution in [0, 0.1) is 0 Å². The fraction of sp³-hybridized carbons (Fsp3) is 0.136. The second-order valence-electron chi connectivity index (χ2n) is 6.14. The van der Waals surface area contributed by atoms with E-state index < -0.39 is 0 Å². The molecule has 4 rings (SSSR count). The third-order valence-corrected chi connectivity index (χ3v) is 4.58. The third-order valence-electron chi connectivity index (χ3n) is 4.58. The lowest BCUT2D eigenvalue weighted by atomic mass is 10.0. The molecule has 1 amide bonds. The normalized spacial score (nSPS) is 17.4. The average molecular weight is 329 g/mol. The smallest absolute Gasteiger partial charge is 0.414 e. The molecule has 0 N–H and O–H groups in total. The maximum Gasteiger partial charge on any atom is 0.414 e. The Morgan fingerprint density at radius 2 is 1.72 bits per heavy atom. The molecule has 0 radical (unpaired) electrons. The van der Waals surface area contributed by atoms with Crippen molar-refractivity contribution in [1.82, 2.24) is 4.90 Å². The summed E-state index contributed by atoms with van der Waals surface area (Å²) in [6.07, 6.45) is 4.37. The van der Waals surface area contributed by atoms with Crippen molar-refractivity contribution in [2.24, 2.45) is 0 Å². The monoisotopic (exact) mass is 329 g/mol. The number of carbonyl (C=O) groups excluding carboxylic acids is 1. The maximum absolute atomic E-state index is 12.1. The Kier molecular flexibility index (Phi) is 4.21. The fourth-order valence-corrected chi connectivity index (χ4v) is 3.29. The SMILES string of the molecule is O=C1OCC(c2ccccc2)N1/C=C/Cc1cccc2ccccc12. The van der Waals surface area contributed by atoms with E-state index in [0.717, 1.165) is 12.0 Å². The van der Waals surface area contributed by atoms with Crippen LogP contribution in [0.4, 0.5) is 4.79 Å². The van der Waals surface area contributed by atoms with Crippen molar-refractivity contribution in [1.29, 1.82) is 0 Å². The largest absolute Gasteiger partial charge is 0.447 e. The number of ether oxygens (including phenoxy) is 1. The van der Waals surface area contributed by atoms with Crippen LogP contribution in [-0.4, -0.2) is 17.6 Å². The van der Waals surface area contributed by atoms with Crippen LogP contribution in [-0.2, 0) is 11.2 Å². The summed E-state index contributed by atoms with van der Waals surface area (Å²) in [6.45, 7) is 0.390. The Bertz CT molecular complexity index is 912. The van der Waals surface area contributed by atoms with Crippen molar-refractivity contribution >= 4 is 16.9 Å². The van der Waals surface area contributed by atoms with Gasteiger partial charge in [0.2, 0.25) is 0 Å². The highest BCUT2D eigenvalue weighted by molar-refractivity contribution is 5.85. The molecule has 0 aromatic heterocycles. The minimum atomic E-state index is -0.289. The van der Waals surface area contributed by atoms with Crippen molar-refractivity contribution in [3.63, 3.8) is 0 Å². The van der Waals surface area contributed by atoms with Gasteiger partial charge in [-0.05, 0) is 28.3 Å². The Labute approximate surface area is 147 Å². The molecule has 3 aromatic rings. The summed E-state index contributed by atoms with van der Waals surface area (Å²) in [5.41, 5.74) is 2.33. The lowest BCUT2D eigenvalue weighted by Gasteiger charge is -2.17. The zero-order chi connectivity index (χ0) is 17.1. The number of nitrogens with zero attached hydrogens (tertiary/aromatic N) is 1. The summed E-state index contributed by atoms with van der Waals surface area (Å²) >= 11 is 0. The molecule has 3 heteroatoms. The van der Waals surface area contributed by atoms with Crippen LogP contribution >= 0.6 is 0 Å². The standard InChI is InChI=1S/C22H19NO2/c24-22-23(21(16-25-22)19-9-2-1-3-10-19)15-7-13-18-12-6-11-17-8-4-5-14-20(17)18/h1-12,14-15,21H,13,16H2/b15-7+. The molecule has 1 heterocycles. The lowest BCUT2D eigenvalue weighted by molar-refractivity contribution is 0.166. The summed E-state index contributed by atoms with van der Waals surface area (Å²) in [7, 11) is 0. The number of carbonyl (C=O) groups is 1. The fourth-order valence-electron chi connectivity index (χ4n) is 3.29. The summed E-state index contributed by atoms with van der Waals surface area (Å²) in [5.74, 6) is 0. The molecule has 0 saturated carbocycles. The number of allylic oxidation sites excluding steroid dienone is 1. The minimum Gasteiger partial charge on any atom is -0.447 e. The second-order valence-corrected chi connectivity index (χ2v) is 6.14. The molecule has 0 spiro atoms. The van der Waals surface area contributed by atoms with E-state index >= 15 is 0 Å². The van der Waals surface area contributed by atoms with Gasteiger partial charge in [-0.15, -0.1) is 0 Å². The molecule has 25 heavy (non-hydrogen) atoms. The zero-order valence-corrected chi connectivity index (χ0v) is 13.8. The van der Waals surface area contributed by atoms with Crippen LogP contribution in [0.5, 0.6) is 0 Å². The van der Waals surface area contributed by atoms with E-state index in [4.69, 9.17) is 4.74 Å². The van der Waals surface area contributed by atoms with Crippen LogP contribution in [0.1, 0.15) is 17.2 Å². The van der Waals surface area contributed by atoms with Gasteiger partial charge in [0.15, 0.2) is 0 Å². The molecule has 0 aliphatic carbocycles. The summed E-state index contributed by atoms with van der Waals surface area (Å²) in [4.78, 5) is 13.7. The molecule has 3 aromatic carbocycles. The van der Waals surface area contributed by atoms with E-state index in [1.165, 1.54) is 16.3 Å². The van der Waals surface area contributed by atoms with Gasteiger partial charge >= 0.3 is 6.09 Å². The number of rotatable bonds is 4. The van der Waals surface area contributed by atoms with Crippen molar-refractivity contribution in [2.75, 3.05) is 6.61 Å². The van der Waals surface area contributed by atoms with Crippen molar-refractivity contribution < 1.29 is 9.53 Å². The molecule has 1 saturated heterocycles. The van der Waals surface area contributed by atoms with Gasteiger partial charge in [0.1, 0.15) is 6.61 Å². The van der Waals surface area contributed by atoms with E-state index in [9.17, 15) is 4.79 Å². The highest BCUT2D eigenvalue weighted by Gasteiger charge is 2.32. The molecule has 1 aliphatic rings. The Morgan fingerprint density at radius 1 is 0.960 bits per heavy atom. The van der Waals surface area contributed by atoms with E-state index in [0.29, 0.717) is 6.61 Å². The quantitative estimate of drug-likeness (QED) is 0.667. The van der Waals surface area contributed by atoms with Gasteiger partial charge in [-0.2, -0.15) is 0 Å². The molecule has 124 valence electrons. The molecule has 1 unspecified atom stereocenters. The second kappa shape index (κ2) is 6.81. The Hall–Kier alpha value is -3.07. The number of fused-ring (bicyclic) bond motifs is 1. The number of hydrogen-bond donors (Lipinski definition) is 0. The van der Waals surface area contributed by atoms with Crippen LogP contribution < -0.4 is 0 Å². The minimum absolute atomic E-state index is 0.0579. The first-order chi connectivity index (χ1) is 12.3. The van der Waals surface area contributed by atoms with Crippen LogP contribution in [0.2, 0.25) is 0 Å². The predicted molar refractivity (Wildman–Crippen MR) is 99.2 cm³/mol. The van der Waals surface area contributed by atoms with Gasteiger partial charge in [-0.25, -0.2) is 4.79 Å². The molecule has 0 bridgehead atoms. The number of cyclic esters (lactones) is 1. The Morgan fingerprint density at radius 3 is 2.60 bits per heavy atom. The van der Waals surface area contributed by atoms with E-state index in [2.05, 4.69) is 36.4 Å². The highest BCUT2D eigenvalue weighted by atomic mass is 16.6. The van der Waals surface area contributed by atoms with Gasteiger partial charge < -0.3 is 4.74 Å². The predicted octanol–water partition coefficient (Wildman–Crippen LogP) is 5.09. The summed E-state index contributed by atoms with van der Waals surface area (Å²) in [5, 5.41) is 2.48. The number of benzene rings is 3. The molecule has 1 aliphatic heterocycles. The first-order valence-electron chi connectivity index (χ1n) is 8.46. The van der Waals surface area contributed by atoms with Crippen molar-refractivity contribution in [3.8, 4) is 0 Å². The first-order valence-corrected chi connectivity index (χ1v) is 8.46. The van der Waals surface area contributed by atoms with E-state index in [1.807, 2.05) is 48.7 Å². The molecule has 1 fully saturated rings. The van der Waals surface area contributed by atoms with Crippen molar-refractivity contribution in [3.05, 3.63) is 96.2 Å². The first kappa shape index (κ1) is 15.5. The molecule has 3 nitrogen and oxygen atoms in total. The zero-order valence-electron chi connectivity index (χ0n) is 13.8. The summed E-state index contributed by atoms with van der Waals surface area (Å²) < 4.78 is 5.24. The van der Waals surface area contributed by atoms with Gasteiger partial charge in [-0.1, -0.05) is 78.9 Å². The summed E-state index contributed by atoms with van der Waals surface area (Å²) in [6, 6.07) is 24.6. The van der Waals surface area contributed by atoms with E-state index in [1.54, 1.807) is 4.90 Å². The molecular weight excluding hydrogens is 310 g/mol. The Balaban J connectivity index is 1.55. The highest BCUT2D eigenvalue weighted by Crippen LogP contribution is 2.28. The van der Waals surface area contributed by atoms with Gasteiger partial charge in [0.05, 0.1) is 6.04 Å². The average Bonchev–Trinajstić information content (AvgIpc) is 3.03. The van der Waals surface area contributed by atoms with Gasteiger partial charge in [0, 0.05) is 6.20 Å². The van der Waals surface area contributed by atoms with Crippen LogP contribution in [0.25, 0.3) is 10.8 Å². The molecular formula is C22H19NO2. The topological polar surface area (TPSA) is 29.5 Å². The number of amides is 1. The third kappa shape index (κ3) is 3.13. The van der Waals surface area contributed by atoms with E-state index in [-0.39, 0.29) is 12.1 Å². The van der Waals surface area contributed by atoms with Gasteiger partial charge in [0.25, 0.3) is 0 Å². The van der Waals surface area contributed by atoms with Crippen molar-refractivity contribution in [2.45, 2.75) is 12.5 Å². The number of hydrogen-bond acceptors (Lipinski definition) is 2. The van der Waals surface area contributed by atoms with Gasteiger partial charge in [-0.3, -0.25) is 4.90 Å². The maximum atomic E-state index is 12.1.